The average Bonchev–Trinajstić information content (AvgIpc) is 3.09. The smallest absolute Gasteiger partial charge is 0.243 e. The maximum atomic E-state index is 12.9. The van der Waals surface area contributed by atoms with Gasteiger partial charge in [-0.05, 0) is 48.6 Å². The summed E-state index contributed by atoms with van der Waals surface area (Å²) >= 11 is 1.47. The molecule has 7 nitrogen and oxygen atoms in total. The molecule has 1 aliphatic heterocycles. The van der Waals surface area contributed by atoms with Gasteiger partial charge in [-0.15, -0.1) is 11.3 Å². The number of hydrogen-bond acceptors (Lipinski definition) is 5. The van der Waals surface area contributed by atoms with Crippen molar-refractivity contribution >= 4 is 38.9 Å². The van der Waals surface area contributed by atoms with Crippen LogP contribution in [0.2, 0.25) is 0 Å². The van der Waals surface area contributed by atoms with Crippen molar-refractivity contribution < 1.29 is 18.0 Å². The zero-order valence-corrected chi connectivity index (χ0v) is 18.6. The minimum atomic E-state index is -3.52. The van der Waals surface area contributed by atoms with Gasteiger partial charge in [0.2, 0.25) is 21.8 Å². The first-order chi connectivity index (χ1) is 14.4. The molecule has 0 bridgehead atoms. The second kappa shape index (κ2) is 10.2. The van der Waals surface area contributed by atoms with Crippen LogP contribution >= 0.6 is 11.3 Å². The molecule has 2 N–H and O–H groups in total. The first kappa shape index (κ1) is 22.5. The van der Waals surface area contributed by atoms with Crippen LogP contribution in [0.25, 0.3) is 0 Å². The molecule has 1 aliphatic rings. The van der Waals surface area contributed by atoms with Gasteiger partial charge in [-0.3, -0.25) is 9.59 Å². The Morgan fingerprint density at radius 1 is 1.07 bits per heavy atom. The van der Waals surface area contributed by atoms with Gasteiger partial charge in [0.15, 0.2) is 0 Å². The zero-order chi connectivity index (χ0) is 21.6. The Morgan fingerprint density at radius 3 is 2.30 bits per heavy atom. The molecule has 9 heteroatoms. The Balaban J connectivity index is 1.64. The summed E-state index contributed by atoms with van der Waals surface area (Å²) in [7, 11) is -3.52. The Bertz CT molecular complexity index is 949. The van der Waals surface area contributed by atoms with Crippen LogP contribution in [0.15, 0.2) is 46.7 Å². The van der Waals surface area contributed by atoms with E-state index in [4.69, 9.17) is 0 Å². The quantitative estimate of drug-likeness (QED) is 0.676. The summed E-state index contributed by atoms with van der Waals surface area (Å²) in [4.78, 5) is 25.1. The average molecular weight is 450 g/mol. The molecule has 3 rings (SSSR count). The van der Waals surface area contributed by atoms with Crippen LogP contribution in [-0.4, -0.2) is 37.6 Å². The van der Waals surface area contributed by atoms with Crippen molar-refractivity contribution in [2.75, 3.05) is 18.4 Å². The highest BCUT2D eigenvalue weighted by Gasteiger charge is 2.25. The summed E-state index contributed by atoms with van der Waals surface area (Å²) in [6.45, 7) is 2.52. The Kier molecular flexibility index (Phi) is 7.63. The first-order valence-corrected chi connectivity index (χ1v) is 12.4. The topological polar surface area (TPSA) is 95.6 Å². The summed E-state index contributed by atoms with van der Waals surface area (Å²) in [5.74, 6) is -0.463. The highest BCUT2D eigenvalue weighted by Crippen LogP contribution is 2.24. The Hall–Kier alpha value is -2.23. The molecule has 0 spiro atoms. The van der Waals surface area contributed by atoms with Crippen molar-refractivity contribution in [1.29, 1.82) is 0 Å². The number of benzene rings is 1. The van der Waals surface area contributed by atoms with Gasteiger partial charge in [0.25, 0.3) is 0 Å². The van der Waals surface area contributed by atoms with Crippen molar-refractivity contribution in [1.82, 2.24) is 9.62 Å². The number of carbonyl (C=O) groups is 2. The van der Waals surface area contributed by atoms with E-state index in [0.717, 1.165) is 30.6 Å². The van der Waals surface area contributed by atoms with E-state index in [1.54, 1.807) is 16.4 Å². The summed E-state index contributed by atoms with van der Waals surface area (Å²) in [6, 6.07) is 9.60. The van der Waals surface area contributed by atoms with E-state index in [-0.39, 0.29) is 23.1 Å². The zero-order valence-electron chi connectivity index (χ0n) is 17.0. The lowest BCUT2D eigenvalue weighted by molar-refractivity contribution is -0.120. The molecule has 0 aliphatic carbocycles. The minimum Gasteiger partial charge on any atom is -0.348 e. The summed E-state index contributed by atoms with van der Waals surface area (Å²) in [6.07, 6.45) is 3.97. The molecular formula is C21H27N3O4S2. The lowest BCUT2D eigenvalue weighted by Crippen LogP contribution is -2.31. The van der Waals surface area contributed by atoms with Crippen LogP contribution in [0.1, 0.15) is 49.9 Å². The number of anilines is 1. The van der Waals surface area contributed by atoms with E-state index < -0.39 is 16.1 Å². The molecule has 0 unspecified atom stereocenters. The minimum absolute atomic E-state index is 0.0912. The van der Waals surface area contributed by atoms with E-state index in [2.05, 4.69) is 10.6 Å². The molecule has 162 valence electrons. The first-order valence-electron chi connectivity index (χ1n) is 10.1. The van der Waals surface area contributed by atoms with E-state index >= 15 is 0 Å². The second-order valence-electron chi connectivity index (χ2n) is 7.36. The molecule has 2 aromatic rings. The van der Waals surface area contributed by atoms with E-state index in [0.29, 0.717) is 18.8 Å². The van der Waals surface area contributed by atoms with Crippen molar-refractivity contribution in [2.24, 2.45) is 0 Å². The van der Waals surface area contributed by atoms with Gasteiger partial charge in [0.1, 0.15) is 0 Å². The van der Waals surface area contributed by atoms with Gasteiger partial charge in [0.05, 0.1) is 17.4 Å². The van der Waals surface area contributed by atoms with Gasteiger partial charge < -0.3 is 10.6 Å². The number of nitrogens with one attached hydrogen (secondary N) is 2. The molecular weight excluding hydrogens is 422 g/mol. The fourth-order valence-corrected chi connectivity index (χ4v) is 5.79. The lowest BCUT2D eigenvalue weighted by Gasteiger charge is -2.20. The molecule has 1 aromatic carbocycles. The molecule has 2 amide bonds. The van der Waals surface area contributed by atoms with Crippen molar-refractivity contribution in [3.05, 3.63) is 46.7 Å². The fraction of sp³-hybridized carbons (Fsp3) is 0.429. The van der Waals surface area contributed by atoms with Crippen LogP contribution in [0.4, 0.5) is 5.69 Å². The monoisotopic (exact) mass is 449 g/mol. The van der Waals surface area contributed by atoms with Crippen LogP contribution in [0.3, 0.4) is 0 Å². The van der Waals surface area contributed by atoms with Crippen LogP contribution in [0.5, 0.6) is 0 Å². The number of hydrogen-bond donors (Lipinski definition) is 2. The van der Waals surface area contributed by atoms with Crippen LogP contribution in [0, 0.1) is 0 Å². The molecule has 1 aromatic heterocycles. The molecule has 2 heterocycles. The number of rotatable bonds is 7. The third-order valence-corrected chi connectivity index (χ3v) is 7.89. The molecule has 30 heavy (non-hydrogen) atoms. The van der Waals surface area contributed by atoms with Crippen molar-refractivity contribution in [3.8, 4) is 0 Å². The van der Waals surface area contributed by atoms with Gasteiger partial charge in [-0.1, -0.05) is 18.9 Å². The number of amides is 2. The van der Waals surface area contributed by atoms with Crippen molar-refractivity contribution in [3.63, 3.8) is 0 Å². The maximum absolute atomic E-state index is 12.9. The third kappa shape index (κ3) is 5.90. The highest BCUT2D eigenvalue weighted by atomic mass is 32.2. The predicted octanol–water partition coefficient (Wildman–Crippen LogP) is 3.52. The van der Waals surface area contributed by atoms with E-state index in [1.165, 1.54) is 30.4 Å². The van der Waals surface area contributed by atoms with Gasteiger partial charge in [-0.2, -0.15) is 4.31 Å². The van der Waals surface area contributed by atoms with Crippen LogP contribution < -0.4 is 10.6 Å². The molecule has 0 radical (unpaired) electrons. The number of sulfonamides is 1. The number of carbonyl (C=O) groups excluding carboxylic acids is 2. The maximum Gasteiger partial charge on any atom is 0.243 e. The highest BCUT2D eigenvalue weighted by molar-refractivity contribution is 7.89. The third-order valence-electron chi connectivity index (χ3n) is 4.99. The van der Waals surface area contributed by atoms with Gasteiger partial charge in [0, 0.05) is 30.6 Å². The standard InChI is InChI=1S/C21H27N3O4S2/c1-16(25)22-19(20-7-6-14-29-20)15-21(26)23-17-8-10-18(11-9-17)30(27,28)24-12-4-2-3-5-13-24/h6-11,14,19H,2-5,12-13,15H2,1H3,(H,22,25)(H,23,26)/t19-/m1/s1. The summed E-state index contributed by atoms with van der Waals surface area (Å²) < 4.78 is 27.3. The van der Waals surface area contributed by atoms with Gasteiger partial charge in [-0.25, -0.2) is 8.42 Å². The SMILES string of the molecule is CC(=O)N[C@H](CC(=O)Nc1ccc(S(=O)(=O)N2CCCCCC2)cc1)c1cccs1. The largest absolute Gasteiger partial charge is 0.348 e. The van der Waals surface area contributed by atoms with E-state index in [1.807, 2.05) is 17.5 Å². The Morgan fingerprint density at radius 2 is 1.73 bits per heavy atom. The summed E-state index contributed by atoms with van der Waals surface area (Å²) in [5.41, 5.74) is 0.516. The normalized spacial score (nSPS) is 16.4. The molecule has 1 fully saturated rings. The predicted molar refractivity (Wildman–Crippen MR) is 118 cm³/mol. The molecule has 1 saturated heterocycles. The number of thiophene rings is 1. The van der Waals surface area contributed by atoms with Gasteiger partial charge >= 0.3 is 0 Å². The second-order valence-corrected chi connectivity index (χ2v) is 10.3. The Labute approximate surface area is 181 Å². The molecule has 0 saturated carbocycles. The van der Waals surface area contributed by atoms with E-state index in [9.17, 15) is 18.0 Å². The molecule has 1 atom stereocenters. The van der Waals surface area contributed by atoms with Crippen molar-refractivity contribution in [2.45, 2.75) is 50.0 Å². The lowest BCUT2D eigenvalue weighted by atomic mass is 10.1. The van der Waals surface area contributed by atoms with Crippen LogP contribution in [-0.2, 0) is 19.6 Å². The number of nitrogens with zero attached hydrogens (tertiary/aromatic N) is 1. The fourth-order valence-electron chi connectivity index (χ4n) is 3.50. The summed E-state index contributed by atoms with van der Waals surface area (Å²) in [5, 5.41) is 7.47.